The van der Waals surface area contributed by atoms with Gasteiger partial charge in [-0.1, -0.05) is 0 Å². The fourth-order valence-corrected chi connectivity index (χ4v) is 1.51. The molecule has 1 aromatic rings. The molecule has 1 heterocycles. The van der Waals surface area contributed by atoms with Gasteiger partial charge in [-0.05, 0) is 11.4 Å². The zero-order valence-corrected chi connectivity index (χ0v) is 7.05. The summed E-state index contributed by atoms with van der Waals surface area (Å²) in [5, 5.41) is 9.98. The van der Waals surface area contributed by atoms with E-state index in [9.17, 15) is 9.59 Å². The number of carboxylic acids is 1. The summed E-state index contributed by atoms with van der Waals surface area (Å²) in [5.74, 6) is -2.08. The molecule has 0 amide bonds. The molecule has 0 aromatic carbocycles. The van der Waals surface area contributed by atoms with E-state index in [0.29, 0.717) is 5.75 Å². The van der Waals surface area contributed by atoms with Crippen LogP contribution in [0.25, 0.3) is 0 Å². The monoisotopic (exact) mass is 186 g/mol. The minimum Gasteiger partial charge on any atom is -0.495 e. The van der Waals surface area contributed by atoms with Crippen LogP contribution in [-0.4, -0.2) is 24.0 Å². The van der Waals surface area contributed by atoms with E-state index in [0.717, 1.165) is 11.3 Å². The van der Waals surface area contributed by atoms with Crippen molar-refractivity contribution in [2.45, 2.75) is 0 Å². The highest BCUT2D eigenvalue weighted by Crippen LogP contribution is 2.24. The number of carbonyl (C=O) groups is 2. The standard InChI is InChI=1S/C7H6O4S/c1-11-4-2-3-12-6(4)5(8)7(9)10/h2-3H,1H3,(H,9,10). The average molecular weight is 186 g/mol. The predicted molar refractivity (Wildman–Crippen MR) is 42.8 cm³/mol. The number of thiophene rings is 1. The van der Waals surface area contributed by atoms with Gasteiger partial charge in [0.05, 0.1) is 7.11 Å². The van der Waals surface area contributed by atoms with Crippen LogP contribution < -0.4 is 4.74 Å². The first-order valence-corrected chi connectivity index (χ1v) is 3.94. The summed E-state index contributed by atoms with van der Waals surface area (Å²) in [6.45, 7) is 0. The Morgan fingerprint density at radius 2 is 2.25 bits per heavy atom. The van der Waals surface area contributed by atoms with Gasteiger partial charge in [0, 0.05) is 0 Å². The van der Waals surface area contributed by atoms with Crippen LogP contribution in [0.2, 0.25) is 0 Å². The zero-order chi connectivity index (χ0) is 9.14. The number of carboxylic acid groups (broad SMARTS) is 1. The van der Waals surface area contributed by atoms with E-state index in [1.807, 2.05) is 0 Å². The largest absolute Gasteiger partial charge is 0.495 e. The number of carbonyl (C=O) groups excluding carboxylic acids is 1. The van der Waals surface area contributed by atoms with E-state index in [2.05, 4.69) is 0 Å². The summed E-state index contributed by atoms with van der Waals surface area (Å²) in [5.41, 5.74) is 0. The molecular weight excluding hydrogens is 180 g/mol. The first kappa shape index (κ1) is 8.73. The normalized spacial score (nSPS) is 9.42. The van der Waals surface area contributed by atoms with Crippen molar-refractivity contribution in [3.8, 4) is 5.75 Å². The first-order valence-electron chi connectivity index (χ1n) is 3.06. The van der Waals surface area contributed by atoms with Gasteiger partial charge in [0.1, 0.15) is 10.6 Å². The lowest BCUT2D eigenvalue weighted by atomic mass is 10.3. The molecular formula is C7H6O4S. The van der Waals surface area contributed by atoms with Crippen LogP contribution >= 0.6 is 11.3 Å². The molecule has 0 aliphatic rings. The van der Waals surface area contributed by atoms with Crippen molar-refractivity contribution in [3.63, 3.8) is 0 Å². The van der Waals surface area contributed by atoms with Gasteiger partial charge in [-0.25, -0.2) is 4.79 Å². The number of ketones is 1. The minimum atomic E-state index is -1.46. The highest BCUT2D eigenvalue weighted by molar-refractivity contribution is 7.13. The van der Waals surface area contributed by atoms with Gasteiger partial charge < -0.3 is 9.84 Å². The maximum Gasteiger partial charge on any atom is 0.378 e. The third-order valence-electron chi connectivity index (χ3n) is 1.25. The molecule has 0 aliphatic heterocycles. The molecule has 0 radical (unpaired) electrons. The minimum absolute atomic E-state index is 0.130. The predicted octanol–water partition coefficient (Wildman–Crippen LogP) is 1.02. The SMILES string of the molecule is COc1ccsc1C(=O)C(=O)O. The van der Waals surface area contributed by atoms with Gasteiger partial charge in [-0.15, -0.1) is 11.3 Å². The van der Waals surface area contributed by atoms with E-state index in [1.165, 1.54) is 7.11 Å². The second-order valence-corrected chi connectivity index (χ2v) is 2.87. The Balaban J connectivity index is 3.02. The van der Waals surface area contributed by atoms with Crippen molar-refractivity contribution in [2.75, 3.05) is 7.11 Å². The summed E-state index contributed by atoms with van der Waals surface area (Å²) in [4.78, 5) is 21.3. The topological polar surface area (TPSA) is 63.6 Å². The molecule has 0 atom stereocenters. The van der Waals surface area contributed by atoms with Crippen LogP contribution in [0, 0.1) is 0 Å². The summed E-state index contributed by atoms with van der Waals surface area (Å²) < 4.78 is 4.78. The van der Waals surface area contributed by atoms with Crippen molar-refractivity contribution in [3.05, 3.63) is 16.3 Å². The van der Waals surface area contributed by atoms with Gasteiger partial charge in [0.15, 0.2) is 0 Å². The lowest BCUT2D eigenvalue weighted by Crippen LogP contribution is -2.11. The highest BCUT2D eigenvalue weighted by atomic mass is 32.1. The molecule has 0 aliphatic carbocycles. The first-order chi connectivity index (χ1) is 5.66. The van der Waals surface area contributed by atoms with Crippen LogP contribution in [0.3, 0.4) is 0 Å². The molecule has 1 N–H and O–H groups in total. The number of aliphatic carboxylic acids is 1. The molecule has 0 fully saturated rings. The molecule has 0 unspecified atom stereocenters. The van der Waals surface area contributed by atoms with E-state index in [1.54, 1.807) is 11.4 Å². The maximum atomic E-state index is 10.9. The van der Waals surface area contributed by atoms with Gasteiger partial charge in [0.25, 0.3) is 5.78 Å². The van der Waals surface area contributed by atoms with Crippen molar-refractivity contribution < 1.29 is 19.4 Å². The second-order valence-electron chi connectivity index (χ2n) is 1.95. The maximum absolute atomic E-state index is 10.9. The summed E-state index contributed by atoms with van der Waals surface area (Å²) in [7, 11) is 1.39. The molecule has 12 heavy (non-hydrogen) atoms. The molecule has 5 heteroatoms. The van der Waals surface area contributed by atoms with Crippen LogP contribution in [0.4, 0.5) is 0 Å². The lowest BCUT2D eigenvalue weighted by Gasteiger charge is -1.96. The van der Waals surface area contributed by atoms with Crippen molar-refractivity contribution in [1.82, 2.24) is 0 Å². The van der Waals surface area contributed by atoms with Gasteiger partial charge in [0.2, 0.25) is 0 Å². The molecule has 0 bridgehead atoms. The van der Waals surface area contributed by atoms with Crippen molar-refractivity contribution in [2.24, 2.45) is 0 Å². The number of ether oxygens (including phenoxy) is 1. The summed E-state index contributed by atoms with van der Waals surface area (Å²) in [6.07, 6.45) is 0. The fourth-order valence-electron chi connectivity index (χ4n) is 0.721. The van der Waals surface area contributed by atoms with Crippen LogP contribution in [0.5, 0.6) is 5.75 Å². The van der Waals surface area contributed by atoms with Crippen LogP contribution in [-0.2, 0) is 4.79 Å². The number of hydrogen-bond donors (Lipinski definition) is 1. The van der Waals surface area contributed by atoms with E-state index < -0.39 is 11.8 Å². The summed E-state index contributed by atoms with van der Waals surface area (Å²) >= 11 is 1.06. The Morgan fingerprint density at radius 3 is 2.75 bits per heavy atom. The smallest absolute Gasteiger partial charge is 0.378 e. The fraction of sp³-hybridized carbons (Fsp3) is 0.143. The number of rotatable bonds is 3. The quantitative estimate of drug-likeness (QED) is 0.565. The van der Waals surface area contributed by atoms with E-state index in [-0.39, 0.29) is 4.88 Å². The Bertz CT molecular complexity index is 315. The number of methoxy groups -OCH3 is 1. The highest BCUT2D eigenvalue weighted by Gasteiger charge is 2.20. The van der Waals surface area contributed by atoms with Gasteiger partial charge in [-0.3, -0.25) is 4.79 Å². The van der Waals surface area contributed by atoms with Gasteiger partial charge >= 0.3 is 5.97 Å². The Morgan fingerprint density at radius 1 is 1.58 bits per heavy atom. The molecule has 1 aromatic heterocycles. The zero-order valence-electron chi connectivity index (χ0n) is 6.23. The third kappa shape index (κ3) is 1.45. The third-order valence-corrected chi connectivity index (χ3v) is 2.14. The molecule has 0 saturated carbocycles. The summed E-state index contributed by atoms with van der Waals surface area (Å²) in [6, 6.07) is 1.56. The van der Waals surface area contributed by atoms with Crippen LogP contribution in [0.15, 0.2) is 11.4 Å². The number of hydrogen-bond acceptors (Lipinski definition) is 4. The Hall–Kier alpha value is -1.36. The Kier molecular flexibility index (Phi) is 2.44. The van der Waals surface area contributed by atoms with Crippen molar-refractivity contribution >= 4 is 23.1 Å². The molecule has 0 saturated heterocycles. The van der Waals surface area contributed by atoms with Crippen molar-refractivity contribution in [1.29, 1.82) is 0 Å². The van der Waals surface area contributed by atoms with E-state index >= 15 is 0 Å². The second kappa shape index (κ2) is 3.36. The molecule has 0 spiro atoms. The lowest BCUT2D eigenvalue weighted by molar-refractivity contribution is -0.131. The Labute approximate surface area is 72.4 Å². The molecule has 1 rings (SSSR count). The van der Waals surface area contributed by atoms with E-state index in [4.69, 9.17) is 9.84 Å². The molecule has 4 nitrogen and oxygen atoms in total. The number of Topliss-reactive ketones (excluding diaryl/α,β-unsaturated/α-hetero) is 1. The average Bonchev–Trinajstić information content (AvgIpc) is 2.49. The molecule has 64 valence electrons. The van der Waals surface area contributed by atoms with Crippen LogP contribution in [0.1, 0.15) is 9.67 Å². The van der Waals surface area contributed by atoms with Gasteiger partial charge in [-0.2, -0.15) is 0 Å².